The third-order valence-corrected chi connectivity index (χ3v) is 6.18. The van der Waals surface area contributed by atoms with E-state index >= 15 is 0 Å². The van der Waals surface area contributed by atoms with Crippen LogP contribution < -0.4 is 4.74 Å². The molecule has 0 saturated carbocycles. The van der Waals surface area contributed by atoms with Gasteiger partial charge in [-0.25, -0.2) is 8.78 Å². The monoisotopic (exact) mass is 483 g/mol. The molecule has 1 atom stereocenters. The molecule has 6 nitrogen and oxygen atoms in total. The first kappa shape index (κ1) is 23.7. The van der Waals surface area contributed by atoms with Crippen LogP contribution in [0.15, 0.2) is 64.2 Å². The Morgan fingerprint density at radius 3 is 2.59 bits per heavy atom. The summed E-state index contributed by atoms with van der Waals surface area (Å²) in [5.74, 6) is -0.436. The number of aromatic nitrogens is 3. The Kier molecular flexibility index (Phi) is 7.12. The second-order valence-electron chi connectivity index (χ2n) is 7.81. The Bertz CT molecular complexity index is 1300. The first-order chi connectivity index (χ1) is 16.3. The van der Waals surface area contributed by atoms with Crippen molar-refractivity contribution < 1.29 is 22.7 Å². The van der Waals surface area contributed by atoms with Gasteiger partial charge in [0.05, 0.1) is 5.75 Å². The van der Waals surface area contributed by atoms with Crippen LogP contribution in [0.2, 0.25) is 0 Å². The van der Waals surface area contributed by atoms with E-state index in [2.05, 4.69) is 10.2 Å². The molecule has 0 radical (unpaired) electrons. The minimum absolute atomic E-state index is 0.0705. The molecular formula is C25H23F2N3O3S. The molecule has 4 rings (SSSR count). The second kappa shape index (κ2) is 10.2. The summed E-state index contributed by atoms with van der Waals surface area (Å²) in [5, 5.41) is 8.14. The zero-order chi connectivity index (χ0) is 24.2. The number of ketones is 1. The minimum Gasteiger partial charge on any atom is -0.478 e. The van der Waals surface area contributed by atoms with Crippen molar-refractivity contribution in [3.63, 3.8) is 0 Å². The topological polar surface area (TPSA) is 70.2 Å². The molecule has 4 aromatic rings. The Balaban J connectivity index is 1.38. The summed E-state index contributed by atoms with van der Waals surface area (Å²) in [6.45, 7) is 6.05. The van der Waals surface area contributed by atoms with Crippen molar-refractivity contribution in [1.29, 1.82) is 0 Å². The Morgan fingerprint density at radius 2 is 1.85 bits per heavy atom. The highest BCUT2D eigenvalue weighted by atomic mass is 32.2. The van der Waals surface area contributed by atoms with Crippen LogP contribution in [-0.4, -0.2) is 26.3 Å². The largest absolute Gasteiger partial charge is 0.478 e. The highest BCUT2D eigenvalue weighted by Crippen LogP contribution is 2.27. The van der Waals surface area contributed by atoms with Gasteiger partial charge in [0.25, 0.3) is 11.1 Å². The van der Waals surface area contributed by atoms with Gasteiger partial charge in [-0.15, -0.1) is 10.2 Å². The average molecular weight is 484 g/mol. The van der Waals surface area contributed by atoms with Crippen molar-refractivity contribution in [3.05, 3.63) is 94.6 Å². The summed E-state index contributed by atoms with van der Waals surface area (Å²) in [5.41, 5.74) is 3.34. The van der Waals surface area contributed by atoms with Crippen LogP contribution in [0.5, 0.6) is 5.75 Å². The predicted octanol–water partition coefficient (Wildman–Crippen LogP) is 5.93. The molecule has 0 unspecified atom stereocenters. The number of hydrogen-bond donors (Lipinski definition) is 0. The molecule has 0 N–H and O–H groups in total. The molecule has 34 heavy (non-hydrogen) atoms. The van der Waals surface area contributed by atoms with Gasteiger partial charge in [0, 0.05) is 23.5 Å². The number of rotatable bonds is 9. The van der Waals surface area contributed by atoms with Gasteiger partial charge in [-0.1, -0.05) is 36.0 Å². The van der Waals surface area contributed by atoms with Crippen molar-refractivity contribution >= 4 is 17.5 Å². The first-order valence-electron chi connectivity index (χ1n) is 10.6. The maximum atomic E-state index is 13.8. The molecule has 0 saturated heterocycles. The van der Waals surface area contributed by atoms with E-state index in [1.54, 1.807) is 31.2 Å². The third-order valence-electron chi connectivity index (χ3n) is 5.36. The summed E-state index contributed by atoms with van der Waals surface area (Å²) in [6.07, 6.45) is -0.653. The summed E-state index contributed by atoms with van der Waals surface area (Å²) in [4.78, 5) is 12.9. The zero-order valence-electron chi connectivity index (χ0n) is 18.9. The lowest BCUT2D eigenvalue weighted by molar-refractivity contribution is 0.102. The number of nitrogens with zero attached hydrogens (tertiary/aromatic N) is 3. The fraction of sp³-hybridized carbons (Fsp3) is 0.240. The number of halogens is 2. The van der Waals surface area contributed by atoms with Gasteiger partial charge in [0.15, 0.2) is 23.5 Å². The lowest BCUT2D eigenvalue weighted by atomic mass is 10.2. The number of aryl methyl sites for hydroxylation is 1. The number of hydrogen-bond acceptors (Lipinski definition) is 6. The summed E-state index contributed by atoms with van der Waals surface area (Å²) in [7, 11) is 0. The van der Waals surface area contributed by atoms with E-state index in [0.717, 1.165) is 28.7 Å². The minimum atomic E-state index is -0.653. The molecule has 2 aromatic carbocycles. The van der Waals surface area contributed by atoms with Crippen molar-refractivity contribution in [2.45, 2.75) is 38.6 Å². The SMILES string of the molecule is Cc1cc(C(=O)CSc2nnc([C@@H](C)Oc3ccccc3F)o2)c(C)n1Cc1ccc(F)cc1. The van der Waals surface area contributed by atoms with Crippen LogP contribution in [-0.2, 0) is 6.54 Å². The normalized spacial score (nSPS) is 12.0. The maximum absolute atomic E-state index is 13.8. The Morgan fingerprint density at radius 1 is 1.12 bits per heavy atom. The first-order valence-corrected chi connectivity index (χ1v) is 11.6. The Labute approximate surface area is 200 Å². The molecule has 0 amide bonds. The van der Waals surface area contributed by atoms with Crippen LogP contribution >= 0.6 is 11.8 Å². The number of benzene rings is 2. The number of carbonyl (C=O) groups excluding carboxylic acids is 1. The van der Waals surface area contributed by atoms with Gasteiger partial charge >= 0.3 is 0 Å². The summed E-state index contributed by atoms with van der Waals surface area (Å²) in [6, 6.07) is 14.2. The van der Waals surface area contributed by atoms with Crippen LogP contribution in [0.4, 0.5) is 8.78 Å². The molecule has 0 aliphatic heterocycles. The van der Waals surface area contributed by atoms with E-state index < -0.39 is 11.9 Å². The number of Topliss-reactive ketones (excluding diaryl/α,β-unsaturated/α-hetero) is 1. The van der Waals surface area contributed by atoms with Crippen molar-refractivity contribution in [2.75, 3.05) is 5.75 Å². The maximum Gasteiger partial charge on any atom is 0.277 e. The molecule has 0 aliphatic carbocycles. The van der Waals surface area contributed by atoms with Crippen molar-refractivity contribution in [3.8, 4) is 5.75 Å². The molecular weight excluding hydrogens is 460 g/mol. The molecule has 2 aromatic heterocycles. The molecule has 0 spiro atoms. The fourth-order valence-electron chi connectivity index (χ4n) is 3.53. The predicted molar refractivity (Wildman–Crippen MR) is 124 cm³/mol. The summed E-state index contributed by atoms with van der Waals surface area (Å²) >= 11 is 1.13. The number of thioether (sulfide) groups is 1. The Hall–Kier alpha value is -3.46. The fourth-order valence-corrected chi connectivity index (χ4v) is 4.18. The number of para-hydroxylation sites is 1. The van der Waals surface area contributed by atoms with Gasteiger partial charge in [-0.2, -0.15) is 0 Å². The van der Waals surface area contributed by atoms with Crippen molar-refractivity contribution in [1.82, 2.24) is 14.8 Å². The third kappa shape index (κ3) is 5.36. The molecule has 2 heterocycles. The van der Waals surface area contributed by atoms with E-state index in [0.29, 0.717) is 12.1 Å². The van der Waals surface area contributed by atoms with Gasteiger partial charge in [0.2, 0.25) is 0 Å². The zero-order valence-corrected chi connectivity index (χ0v) is 19.7. The second-order valence-corrected chi connectivity index (χ2v) is 8.73. The quantitative estimate of drug-likeness (QED) is 0.217. The van der Waals surface area contributed by atoms with Gasteiger partial charge in [-0.05, 0) is 56.7 Å². The molecule has 0 bridgehead atoms. The van der Waals surface area contributed by atoms with E-state index in [-0.39, 0.29) is 34.2 Å². The van der Waals surface area contributed by atoms with Gasteiger partial charge in [0.1, 0.15) is 5.82 Å². The summed E-state index contributed by atoms with van der Waals surface area (Å²) < 4.78 is 40.2. The van der Waals surface area contributed by atoms with Crippen LogP contribution in [0.3, 0.4) is 0 Å². The van der Waals surface area contributed by atoms with E-state index in [9.17, 15) is 13.6 Å². The van der Waals surface area contributed by atoms with Gasteiger partial charge < -0.3 is 13.7 Å². The molecule has 176 valence electrons. The average Bonchev–Trinajstić information content (AvgIpc) is 3.41. The van der Waals surface area contributed by atoms with Crippen LogP contribution in [0.1, 0.15) is 46.2 Å². The van der Waals surface area contributed by atoms with Gasteiger partial charge in [-0.3, -0.25) is 4.79 Å². The lowest BCUT2D eigenvalue weighted by Crippen LogP contribution is -2.07. The molecule has 0 aliphatic rings. The molecule has 0 fully saturated rings. The highest BCUT2D eigenvalue weighted by Gasteiger charge is 2.20. The standard InChI is InChI=1S/C25H23F2N3O3S/c1-15-12-20(16(2)30(15)13-18-8-10-19(26)11-9-18)22(31)14-34-25-29-28-24(33-25)17(3)32-23-7-5-4-6-21(23)27/h4-12,17H,13-14H2,1-3H3/t17-/m1/s1. The van der Waals surface area contributed by atoms with E-state index in [1.165, 1.54) is 24.3 Å². The lowest BCUT2D eigenvalue weighted by Gasteiger charge is -2.11. The highest BCUT2D eigenvalue weighted by molar-refractivity contribution is 7.99. The van der Waals surface area contributed by atoms with Crippen LogP contribution in [0, 0.1) is 25.5 Å². The number of ether oxygens (including phenoxy) is 1. The van der Waals surface area contributed by atoms with Crippen molar-refractivity contribution in [2.24, 2.45) is 0 Å². The smallest absolute Gasteiger partial charge is 0.277 e. The number of carbonyl (C=O) groups is 1. The van der Waals surface area contributed by atoms with E-state index in [1.807, 2.05) is 24.5 Å². The van der Waals surface area contributed by atoms with E-state index in [4.69, 9.17) is 9.15 Å². The molecule has 9 heteroatoms. The van der Waals surface area contributed by atoms with Crippen LogP contribution in [0.25, 0.3) is 0 Å².